The van der Waals surface area contributed by atoms with Gasteiger partial charge in [0, 0.05) is 5.39 Å². The first-order valence-electron chi connectivity index (χ1n) is 5.04. The van der Waals surface area contributed by atoms with Gasteiger partial charge < -0.3 is 0 Å². The Morgan fingerprint density at radius 1 is 1.16 bits per heavy atom. The summed E-state index contributed by atoms with van der Waals surface area (Å²) in [4.78, 5) is 6.69. The second-order valence-electron chi connectivity index (χ2n) is 3.85. The average Bonchev–Trinajstić information content (AvgIpc) is 2.33. The standard InChI is InChI=1S/C11H6Cl2F4N2/c1-4-2-3-5(12)7-6(4)8(13)19-10(18-7)11(16,17)9(14)15/h2-3,9H,1H3. The zero-order valence-electron chi connectivity index (χ0n) is 9.39. The van der Waals surface area contributed by atoms with Gasteiger partial charge in [0.2, 0.25) is 5.82 Å². The van der Waals surface area contributed by atoms with Crippen molar-refractivity contribution in [2.24, 2.45) is 0 Å². The van der Waals surface area contributed by atoms with E-state index >= 15 is 0 Å². The Morgan fingerprint density at radius 2 is 1.79 bits per heavy atom. The lowest BCUT2D eigenvalue weighted by atomic mass is 10.1. The molecule has 0 fully saturated rings. The number of benzene rings is 1. The van der Waals surface area contributed by atoms with E-state index in [2.05, 4.69) is 9.97 Å². The first-order valence-corrected chi connectivity index (χ1v) is 5.79. The molecule has 0 saturated carbocycles. The molecular formula is C11H6Cl2F4N2. The van der Waals surface area contributed by atoms with Crippen LogP contribution in [0.1, 0.15) is 11.4 Å². The van der Waals surface area contributed by atoms with Gasteiger partial charge in [0.05, 0.1) is 10.5 Å². The molecule has 0 aliphatic carbocycles. The molecule has 0 bridgehead atoms. The van der Waals surface area contributed by atoms with Gasteiger partial charge in [-0.25, -0.2) is 18.7 Å². The molecule has 2 aromatic rings. The summed E-state index contributed by atoms with van der Waals surface area (Å²) < 4.78 is 51.1. The van der Waals surface area contributed by atoms with Gasteiger partial charge in [-0.1, -0.05) is 29.3 Å². The second kappa shape index (κ2) is 4.76. The highest BCUT2D eigenvalue weighted by atomic mass is 35.5. The summed E-state index contributed by atoms with van der Waals surface area (Å²) in [5.74, 6) is -5.82. The highest BCUT2D eigenvalue weighted by molar-refractivity contribution is 6.38. The van der Waals surface area contributed by atoms with Crippen LogP contribution < -0.4 is 0 Å². The Hall–Kier alpha value is -1.14. The number of fused-ring (bicyclic) bond motifs is 1. The fourth-order valence-corrected chi connectivity index (χ4v) is 2.08. The number of aromatic nitrogens is 2. The maximum atomic E-state index is 13.2. The first kappa shape index (κ1) is 14.3. The Bertz CT molecular complexity index is 646. The van der Waals surface area contributed by atoms with Crippen molar-refractivity contribution in [1.29, 1.82) is 0 Å². The van der Waals surface area contributed by atoms with E-state index in [1.54, 1.807) is 13.0 Å². The first-order chi connectivity index (χ1) is 8.75. The minimum atomic E-state index is -4.48. The molecule has 0 spiro atoms. The van der Waals surface area contributed by atoms with Gasteiger partial charge in [-0.3, -0.25) is 0 Å². The monoisotopic (exact) mass is 312 g/mol. The van der Waals surface area contributed by atoms with Crippen LogP contribution in [0.4, 0.5) is 17.6 Å². The smallest absolute Gasteiger partial charge is 0.225 e. The van der Waals surface area contributed by atoms with Gasteiger partial charge >= 0.3 is 12.3 Å². The third-order valence-corrected chi connectivity index (χ3v) is 3.12. The molecule has 1 aromatic heterocycles. The molecule has 0 aliphatic heterocycles. The minimum Gasteiger partial charge on any atom is -0.225 e. The van der Waals surface area contributed by atoms with Crippen LogP contribution >= 0.6 is 23.2 Å². The van der Waals surface area contributed by atoms with Crippen LogP contribution in [0.15, 0.2) is 12.1 Å². The number of hydrogen-bond donors (Lipinski definition) is 0. The third-order valence-electron chi connectivity index (χ3n) is 2.54. The van der Waals surface area contributed by atoms with Crippen molar-refractivity contribution in [3.8, 4) is 0 Å². The van der Waals surface area contributed by atoms with Gasteiger partial charge in [-0.2, -0.15) is 8.78 Å². The molecule has 0 amide bonds. The molecule has 1 heterocycles. The van der Waals surface area contributed by atoms with Crippen LogP contribution in [0, 0.1) is 6.92 Å². The maximum Gasteiger partial charge on any atom is 0.365 e. The highest BCUT2D eigenvalue weighted by Crippen LogP contribution is 2.36. The average molecular weight is 313 g/mol. The van der Waals surface area contributed by atoms with E-state index in [9.17, 15) is 17.6 Å². The third kappa shape index (κ3) is 2.34. The molecule has 0 atom stereocenters. The van der Waals surface area contributed by atoms with Crippen LogP contribution in [0.5, 0.6) is 0 Å². The summed E-state index contributed by atoms with van der Waals surface area (Å²) in [5, 5.41) is -0.0282. The Morgan fingerprint density at radius 3 is 2.37 bits per heavy atom. The van der Waals surface area contributed by atoms with Crippen molar-refractivity contribution in [3.05, 3.63) is 33.7 Å². The maximum absolute atomic E-state index is 13.2. The highest BCUT2D eigenvalue weighted by Gasteiger charge is 2.46. The van der Waals surface area contributed by atoms with Crippen LogP contribution in [0.3, 0.4) is 0 Å². The largest absolute Gasteiger partial charge is 0.365 e. The zero-order valence-corrected chi connectivity index (χ0v) is 10.9. The van der Waals surface area contributed by atoms with E-state index < -0.39 is 18.2 Å². The van der Waals surface area contributed by atoms with E-state index in [0.29, 0.717) is 5.56 Å². The summed E-state index contributed by atoms with van der Waals surface area (Å²) in [7, 11) is 0. The van der Waals surface area contributed by atoms with Crippen molar-refractivity contribution >= 4 is 34.1 Å². The topological polar surface area (TPSA) is 25.8 Å². The fraction of sp³-hybridized carbons (Fsp3) is 0.273. The molecule has 102 valence electrons. The number of hydrogen-bond acceptors (Lipinski definition) is 2. The van der Waals surface area contributed by atoms with Gasteiger partial charge in [0.15, 0.2) is 0 Å². The summed E-state index contributed by atoms with van der Waals surface area (Å²) in [6, 6.07) is 3.03. The van der Waals surface area contributed by atoms with Crippen molar-refractivity contribution in [1.82, 2.24) is 9.97 Å². The number of nitrogens with zero attached hydrogens (tertiary/aromatic N) is 2. The SMILES string of the molecule is Cc1ccc(Cl)c2nc(C(F)(F)C(F)F)nc(Cl)c12. The van der Waals surface area contributed by atoms with Crippen LogP contribution in [-0.4, -0.2) is 16.4 Å². The van der Waals surface area contributed by atoms with Gasteiger partial charge in [-0.05, 0) is 18.6 Å². The van der Waals surface area contributed by atoms with Crippen molar-refractivity contribution in [2.75, 3.05) is 0 Å². The zero-order chi connectivity index (χ0) is 14.4. The summed E-state index contributed by atoms with van der Waals surface area (Å²) >= 11 is 11.6. The number of halogens is 6. The van der Waals surface area contributed by atoms with Gasteiger partial charge in [-0.15, -0.1) is 0 Å². The van der Waals surface area contributed by atoms with Crippen molar-refractivity contribution < 1.29 is 17.6 Å². The van der Waals surface area contributed by atoms with E-state index in [1.807, 2.05) is 0 Å². The van der Waals surface area contributed by atoms with E-state index in [0.717, 1.165) is 0 Å². The lowest BCUT2D eigenvalue weighted by Gasteiger charge is -2.15. The Balaban J connectivity index is 2.79. The van der Waals surface area contributed by atoms with E-state index in [-0.39, 0.29) is 21.1 Å². The minimum absolute atomic E-state index is 0.0382. The summed E-state index contributed by atoms with van der Waals surface area (Å²) in [5.41, 5.74) is 0.535. The lowest BCUT2D eigenvalue weighted by Crippen LogP contribution is -2.26. The molecule has 0 radical (unpaired) electrons. The van der Waals surface area contributed by atoms with Crippen LogP contribution in [0.2, 0.25) is 10.2 Å². The van der Waals surface area contributed by atoms with E-state index in [4.69, 9.17) is 23.2 Å². The van der Waals surface area contributed by atoms with E-state index in [1.165, 1.54) is 6.07 Å². The summed E-state index contributed by atoms with van der Waals surface area (Å²) in [6.07, 6.45) is -3.93. The molecule has 0 N–H and O–H groups in total. The van der Waals surface area contributed by atoms with Crippen molar-refractivity contribution in [2.45, 2.75) is 19.3 Å². The number of aryl methyl sites for hydroxylation is 1. The molecule has 2 rings (SSSR count). The normalized spacial score (nSPS) is 12.4. The molecule has 19 heavy (non-hydrogen) atoms. The molecule has 0 unspecified atom stereocenters. The Kier molecular flexibility index (Phi) is 3.57. The molecule has 0 saturated heterocycles. The Labute approximate surface area is 115 Å². The quantitative estimate of drug-likeness (QED) is 0.598. The summed E-state index contributed by atoms with van der Waals surface area (Å²) in [6.45, 7) is 1.65. The number of alkyl halides is 4. The molecule has 8 heteroatoms. The predicted octanol–water partition coefficient (Wildman–Crippen LogP) is 4.60. The lowest BCUT2D eigenvalue weighted by molar-refractivity contribution is -0.140. The van der Waals surface area contributed by atoms with Gasteiger partial charge in [0.25, 0.3) is 0 Å². The van der Waals surface area contributed by atoms with Gasteiger partial charge in [0.1, 0.15) is 5.15 Å². The molecule has 2 nitrogen and oxygen atoms in total. The molecule has 1 aromatic carbocycles. The molecule has 0 aliphatic rings. The predicted molar refractivity (Wildman–Crippen MR) is 64.2 cm³/mol. The second-order valence-corrected chi connectivity index (χ2v) is 4.61. The van der Waals surface area contributed by atoms with Crippen LogP contribution in [0.25, 0.3) is 10.9 Å². The molecular weight excluding hydrogens is 307 g/mol. The fourth-order valence-electron chi connectivity index (χ4n) is 1.56. The van der Waals surface area contributed by atoms with Crippen molar-refractivity contribution in [3.63, 3.8) is 0 Å². The number of rotatable bonds is 2. The van der Waals surface area contributed by atoms with Crippen LogP contribution in [-0.2, 0) is 5.92 Å².